The number of nitrogens with two attached hydrogens (primary N) is 1. The molecule has 0 atom stereocenters. The Balaban J connectivity index is 3.51. The van der Waals surface area contributed by atoms with E-state index in [2.05, 4.69) is 33.5 Å². The summed E-state index contributed by atoms with van der Waals surface area (Å²) in [6.07, 6.45) is -10.3. The van der Waals surface area contributed by atoms with Gasteiger partial charge in [0.2, 0.25) is 0 Å². The average Bonchev–Trinajstić information content (AvgIpc) is 2.16. The van der Waals surface area contributed by atoms with Crippen molar-refractivity contribution >= 4 is 38.9 Å². The maximum Gasteiger partial charge on any atom is 0.417 e. The van der Waals surface area contributed by atoms with E-state index in [1.54, 1.807) is 0 Å². The van der Waals surface area contributed by atoms with Gasteiger partial charge in [-0.15, -0.1) is 0 Å². The van der Waals surface area contributed by atoms with E-state index in [1.807, 2.05) is 0 Å². The largest absolute Gasteiger partial charge is 0.417 e. The van der Waals surface area contributed by atoms with E-state index in [4.69, 9.17) is 5.73 Å². The molecule has 19 heavy (non-hydrogen) atoms. The van der Waals surface area contributed by atoms with Crippen molar-refractivity contribution in [1.29, 1.82) is 0 Å². The van der Waals surface area contributed by atoms with Crippen LogP contribution >= 0.6 is 28.1 Å². The number of halogens is 7. The summed E-state index contributed by atoms with van der Waals surface area (Å²) in [7, 11) is 0. The number of anilines is 1. The van der Waals surface area contributed by atoms with Crippen LogP contribution in [0.15, 0.2) is 16.6 Å². The molecule has 0 bridgehead atoms. The lowest BCUT2D eigenvalue weighted by Crippen LogP contribution is -2.21. The van der Waals surface area contributed by atoms with Crippen LogP contribution in [0.5, 0.6) is 0 Å². The Kier molecular flexibility index (Phi) is 4.35. The zero-order chi connectivity index (χ0) is 15.0. The molecule has 0 aromatic heterocycles. The van der Waals surface area contributed by atoms with E-state index in [0.29, 0.717) is 12.1 Å². The lowest BCUT2D eigenvalue weighted by molar-refractivity contribution is -0.162. The Bertz CT molecular complexity index is 511. The standard InChI is InChI=1S/C9H5BrF6N2S/c10-5-1-3(8(11,12)13)4(9(14,15)16)2-6(5)18-7(17)19/h1-2H,(H3,17,18,19). The first kappa shape index (κ1) is 16.0. The normalized spacial score (nSPS) is 12.4. The van der Waals surface area contributed by atoms with Crippen LogP contribution in [0.2, 0.25) is 0 Å². The zero-order valence-corrected chi connectivity index (χ0v) is 11.2. The topological polar surface area (TPSA) is 38.0 Å². The smallest absolute Gasteiger partial charge is 0.376 e. The van der Waals surface area contributed by atoms with E-state index in [1.165, 1.54) is 0 Å². The van der Waals surface area contributed by atoms with Crippen molar-refractivity contribution in [3.05, 3.63) is 27.7 Å². The highest BCUT2D eigenvalue weighted by molar-refractivity contribution is 9.10. The fraction of sp³-hybridized carbons (Fsp3) is 0.222. The number of hydrogen-bond acceptors (Lipinski definition) is 1. The maximum absolute atomic E-state index is 12.6. The van der Waals surface area contributed by atoms with Gasteiger partial charge in [0.05, 0.1) is 16.8 Å². The van der Waals surface area contributed by atoms with Crippen LogP contribution in [0.4, 0.5) is 32.0 Å². The van der Waals surface area contributed by atoms with Crippen molar-refractivity contribution in [2.45, 2.75) is 12.4 Å². The molecule has 0 aliphatic rings. The lowest BCUT2D eigenvalue weighted by atomic mass is 10.1. The van der Waals surface area contributed by atoms with E-state index < -0.39 is 23.5 Å². The van der Waals surface area contributed by atoms with Gasteiger partial charge in [0.25, 0.3) is 0 Å². The van der Waals surface area contributed by atoms with Gasteiger partial charge >= 0.3 is 12.4 Å². The maximum atomic E-state index is 12.6. The van der Waals surface area contributed by atoms with Crippen molar-refractivity contribution in [3.63, 3.8) is 0 Å². The minimum Gasteiger partial charge on any atom is -0.376 e. The summed E-state index contributed by atoms with van der Waals surface area (Å²) < 4.78 is 75.3. The summed E-state index contributed by atoms with van der Waals surface area (Å²) in [4.78, 5) is 0. The van der Waals surface area contributed by atoms with Gasteiger partial charge in [-0.25, -0.2) is 0 Å². The summed E-state index contributed by atoms with van der Waals surface area (Å²) in [6, 6.07) is 0.621. The molecule has 10 heteroatoms. The molecule has 0 amide bonds. The summed E-state index contributed by atoms with van der Waals surface area (Å²) in [5.41, 5.74) is 1.17. The monoisotopic (exact) mass is 366 g/mol. The second kappa shape index (κ2) is 5.16. The van der Waals surface area contributed by atoms with E-state index in [0.717, 1.165) is 0 Å². The summed E-state index contributed by atoms with van der Waals surface area (Å²) in [6.45, 7) is 0. The highest BCUT2D eigenvalue weighted by Gasteiger charge is 2.43. The Morgan fingerprint density at radius 2 is 1.47 bits per heavy atom. The van der Waals surface area contributed by atoms with Crippen molar-refractivity contribution in [2.75, 3.05) is 5.32 Å². The predicted molar refractivity (Wildman–Crippen MR) is 64.6 cm³/mol. The van der Waals surface area contributed by atoms with Gasteiger partial charge in [-0.3, -0.25) is 0 Å². The number of thiocarbonyl (C=S) groups is 1. The van der Waals surface area contributed by atoms with Gasteiger partial charge in [0, 0.05) is 4.47 Å². The molecule has 0 aliphatic heterocycles. The van der Waals surface area contributed by atoms with Gasteiger partial charge in [-0.2, -0.15) is 26.3 Å². The minimum atomic E-state index is -5.15. The molecular formula is C9H5BrF6N2S. The molecule has 3 N–H and O–H groups in total. The van der Waals surface area contributed by atoms with E-state index in [-0.39, 0.29) is 15.3 Å². The van der Waals surface area contributed by atoms with Crippen LogP contribution in [0.3, 0.4) is 0 Å². The number of hydrogen-bond donors (Lipinski definition) is 2. The Morgan fingerprint density at radius 3 is 1.84 bits per heavy atom. The third kappa shape index (κ3) is 3.96. The molecular weight excluding hydrogens is 362 g/mol. The summed E-state index contributed by atoms with van der Waals surface area (Å²) >= 11 is 7.15. The van der Waals surface area contributed by atoms with Gasteiger partial charge in [-0.1, -0.05) is 0 Å². The second-order valence-electron chi connectivity index (χ2n) is 3.36. The molecule has 0 spiro atoms. The van der Waals surface area contributed by atoms with Gasteiger partial charge in [0.15, 0.2) is 5.11 Å². The first-order valence-corrected chi connectivity index (χ1v) is 5.67. The van der Waals surface area contributed by atoms with Gasteiger partial charge in [0.1, 0.15) is 0 Å². The van der Waals surface area contributed by atoms with Crippen LogP contribution in [0.1, 0.15) is 11.1 Å². The third-order valence-corrected chi connectivity index (χ3v) is 2.73. The molecule has 2 nitrogen and oxygen atoms in total. The highest BCUT2D eigenvalue weighted by Crippen LogP contribution is 2.43. The van der Waals surface area contributed by atoms with Crippen LogP contribution in [0, 0.1) is 0 Å². The highest BCUT2D eigenvalue weighted by atomic mass is 79.9. The third-order valence-electron chi connectivity index (χ3n) is 1.98. The first-order valence-electron chi connectivity index (χ1n) is 4.47. The fourth-order valence-corrected chi connectivity index (χ4v) is 1.82. The molecule has 0 fully saturated rings. The Morgan fingerprint density at radius 1 is 1.05 bits per heavy atom. The molecule has 0 saturated carbocycles. The SMILES string of the molecule is NC(=S)Nc1cc(C(F)(F)F)c(C(F)(F)F)cc1Br. The molecule has 0 saturated heterocycles. The van der Waals surface area contributed by atoms with Crippen LogP contribution in [-0.2, 0) is 12.4 Å². The molecule has 0 unspecified atom stereocenters. The van der Waals surface area contributed by atoms with E-state index in [9.17, 15) is 26.3 Å². The van der Waals surface area contributed by atoms with E-state index >= 15 is 0 Å². The van der Waals surface area contributed by atoms with Crippen molar-refractivity contribution in [3.8, 4) is 0 Å². The number of alkyl halides is 6. The predicted octanol–water partition coefficient (Wildman–Crippen LogP) is 4.14. The van der Waals surface area contributed by atoms with Gasteiger partial charge in [-0.05, 0) is 40.3 Å². The molecule has 0 radical (unpaired) electrons. The second-order valence-corrected chi connectivity index (χ2v) is 4.66. The molecule has 1 aromatic carbocycles. The lowest BCUT2D eigenvalue weighted by Gasteiger charge is -2.18. The number of benzene rings is 1. The van der Waals surface area contributed by atoms with Crippen LogP contribution < -0.4 is 11.1 Å². The van der Waals surface area contributed by atoms with Crippen molar-refractivity contribution in [1.82, 2.24) is 0 Å². The fourth-order valence-electron chi connectivity index (χ4n) is 1.27. The van der Waals surface area contributed by atoms with Crippen LogP contribution in [-0.4, -0.2) is 5.11 Å². The quantitative estimate of drug-likeness (QED) is 0.579. The molecule has 1 rings (SSSR count). The molecule has 0 heterocycles. The number of nitrogens with one attached hydrogen (secondary N) is 1. The minimum absolute atomic E-state index is 0.236. The molecule has 106 valence electrons. The summed E-state index contributed by atoms with van der Waals surface area (Å²) in [5, 5.41) is 1.79. The number of rotatable bonds is 1. The first-order chi connectivity index (χ1) is 8.43. The Labute approximate surface area is 117 Å². The molecule has 0 aliphatic carbocycles. The van der Waals surface area contributed by atoms with Crippen molar-refractivity contribution < 1.29 is 26.3 Å². The Hall–Kier alpha value is -1.03. The zero-order valence-electron chi connectivity index (χ0n) is 8.79. The summed E-state index contributed by atoms with van der Waals surface area (Å²) in [5.74, 6) is 0. The average molecular weight is 367 g/mol. The van der Waals surface area contributed by atoms with Crippen molar-refractivity contribution in [2.24, 2.45) is 5.73 Å². The van der Waals surface area contributed by atoms with Gasteiger partial charge < -0.3 is 11.1 Å². The van der Waals surface area contributed by atoms with Crippen LogP contribution in [0.25, 0.3) is 0 Å². The molecule has 1 aromatic rings.